The van der Waals surface area contributed by atoms with Gasteiger partial charge in [0.05, 0.1) is 38.8 Å². The minimum Gasteiger partial charge on any atom is -0.481 e. The van der Waals surface area contributed by atoms with E-state index in [0.717, 1.165) is 23.5 Å². The van der Waals surface area contributed by atoms with Crippen LogP contribution in [-0.4, -0.2) is 153 Å². The average Bonchev–Trinajstić information content (AvgIpc) is 4.00. The number of fused-ring (bicyclic) bond motifs is 4. The number of aliphatic carboxylic acids is 1. The first-order valence-electron chi connectivity index (χ1n) is 19.3. The van der Waals surface area contributed by atoms with Gasteiger partial charge in [0.15, 0.2) is 53.2 Å². The number of nitrogens with two attached hydrogens (primary N) is 1. The standard InChI is InChI=1S/C33H41F2N11O14P2S2/c1-15(8-20(49)50)16(47)4-3-5-19(48)44(2)6-7-54-33(51)43-28-24-30(40-12-38-28)46(14-42-24)32-22(35)26-18(58-32)10-56-61(52,63)59-25-17(9-55-62(53,64)60-26)57-31(21(25)34)45-13-41-23-27(36)37-11-39-29(23)45/h11-15,17-18,21-22,25-26,31-32H,3-10H2,1-2H3,(H,49,50)(H,52,63)(H,53,64)(H2,36,37,39)(H,38,40,43,51)/t15?,17-,18-,21-,22-,25-,26-,31-,32-,61?,62?/m1/s1. The number of hydrogen-bond acceptors (Lipinski definition) is 20. The second-order valence-corrected chi connectivity index (χ2v) is 20.3. The molecule has 64 heavy (non-hydrogen) atoms. The van der Waals surface area contributed by atoms with E-state index in [1.807, 2.05) is 0 Å². The van der Waals surface area contributed by atoms with Gasteiger partial charge in [0.25, 0.3) is 0 Å². The Hall–Kier alpha value is -4.38. The Morgan fingerprint density at radius 1 is 0.906 bits per heavy atom. The molecule has 6 N–H and O–H groups in total. The topological polar surface area (TPSA) is 322 Å². The van der Waals surface area contributed by atoms with Crippen molar-refractivity contribution in [2.45, 2.75) is 81.8 Å². The van der Waals surface area contributed by atoms with Gasteiger partial charge in [-0.1, -0.05) is 6.92 Å². The zero-order valence-corrected chi connectivity index (χ0v) is 37.0. The van der Waals surface area contributed by atoms with Crippen LogP contribution in [0.1, 0.15) is 45.1 Å². The van der Waals surface area contributed by atoms with Crippen LogP contribution >= 0.6 is 13.4 Å². The number of anilines is 2. The predicted molar refractivity (Wildman–Crippen MR) is 220 cm³/mol. The number of likely N-dealkylation sites (N-methyl/N-ethyl adjacent to an activating group) is 1. The molecule has 4 aromatic heterocycles. The van der Waals surface area contributed by atoms with Crippen LogP contribution in [0.4, 0.5) is 25.2 Å². The molecule has 2 amide bonds. The van der Waals surface area contributed by atoms with Crippen molar-refractivity contribution >= 4 is 94.8 Å². The lowest BCUT2D eigenvalue weighted by Gasteiger charge is -2.29. The number of alkyl halides is 2. The van der Waals surface area contributed by atoms with E-state index in [1.54, 1.807) is 0 Å². The van der Waals surface area contributed by atoms with Gasteiger partial charge < -0.3 is 48.8 Å². The lowest BCUT2D eigenvalue weighted by atomic mass is 9.98. The summed E-state index contributed by atoms with van der Waals surface area (Å²) in [4.78, 5) is 96.2. The largest absolute Gasteiger partial charge is 0.481 e. The van der Waals surface area contributed by atoms with Crippen molar-refractivity contribution in [3.05, 3.63) is 25.3 Å². The molecule has 7 heterocycles. The minimum absolute atomic E-state index is 0.000308. The molecule has 0 spiro atoms. The Bertz CT molecular complexity index is 2510. The number of nitrogens with one attached hydrogen (secondary N) is 1. The fraction of sp³-hybridized carbons (Fsp3) is 0.576. The fourth-order valence-corrected chi connectivity index (χ4v) is 9.88. The molecule has 25 nitrogen and oxygen atoms in total. The van der Waals surface area contributed by atoms with E-state index >= 15 is 8.78 Å². The second kappa shape index (κ2) is 19.6. The summed E-state index contributed by atoms with van der Waals surface area (Å²) in [6.07, 6.45) is -9.93. The van der Waals surface area contributed by atoms with E-state index in [2.05, 4.69) is 35.2 Å². The number of aromatic nitrogens is 8. The van der Waals surface area contributed by atoms with Crippen LogP contribution in [-0.2, 0) is 70.3 Å². The van der Waals surface area contributed by atoms with Gasteiger partial charge in [-0.25, -0.2) is 43.5 Å². The average molecular weight is 980 g/mol. The second-order valence-electron chi connectivity index (χ2n) is 14.7. The zero-order chi connectivity index (χ0) is 46.1. The molecule has 3 saturated heterocycles. The summed E-state index contributed by atoms with van der Waals surface area (Å²) in [5.41, 5.74) is 6.08. The first kappa shape index (κ1) is 47.6. The van der Waals surface area contributed by atoms with Crippen molar-refractivity contribution in [2.24, 2.45) is 5.92 Å². The monoisotopic (exact) mass is 979 g/mol. The summed E-state index contributed by atoms with van der Waals surface area (Å²) in [7, 11) is 1.48. The Kier molecular flexibility index (Phi) is 14.6. The highest BCUT2D eigenvalue weighted by atomic mass is 32.5. The van der Waals surface area contributed by atoms with E-state index < -0.39 is 93.8 Å². The predicted octanol–water partition coefficient (Wildman–Crippen LogP) is 1.83. The van der Waals surface area contributed by atoms with Gasteiger partial charge in [0.2, 0.25) is 5.91 Å². The molecular formula is C33H41F2N11O14P2S2. The van der Waals surface area contributed by atoms with Crippen LogP contribution in [0.5, 0.6) is 0 Å². The maximum absolute atomic E-state index is 16.5. The first-order chi connectivity index (χ1) is 30.3. The molecule has 11 atom stereocenters. The molecule has 0 bridgehead atoms. The number of ether oxygens (including phenoxy) is 3. The van der Waals surface area contributed by atoms with Gasteiger partial charge in [-0.2, -0.15) is 0 Å². The minimum atomic E-state index is -4.38. The third-order valence-electron chi connectivity index (χ3n) is 10.3. The van der Waals surface area contributed by atoms with Crippen molar-refractivity contribution in [1.82, 2.24) is 43.9 Å². The number of carbonyl (C=O) groups excluding carboxylic acids is 3. The van der Waals surface area contributed by atoms with Crippen LogP contribution in [0, 0.1) is 5.92 Å². The summed E-state index contributed by atoms with van der Waals surface area (Å²) in [6, 6.07) is 0. The zero-order valence-electron chi connectivity index (χ0n) is 33.6. The Morgan fingerprint density at radius 3 is 2.03 bits per heavy atom. The highest BCUT2D eigenvalue weighted by molar-refractivity contribution is 8.07. The molecule has 3 fully saturated rings. The van der Waals surface area contributed by atoms with Gasteiger partial charge in [-0.15, -0.1) is 0 Å². The molecule has 3 aliphatic heterocycles. The van der Waals surface area contributed by atoms with Crippen LogP contribution in [0.2, 0.25) is 0 Å². The van der Waals surface area contributed by atoms with Crippen LogP contribution < -0.4 is 11.1 Å². The summed E-state index contributed by atoms with van der Waals surface area (Å²) in [5.74, 6) is -2.44. The van der Waals surface area contributed by atoms with Crippen LogP contribution in [0.15, 0.2) is 25.3 Å². The smallest absolute Gasteiger partial charge is 0.412 e. The van der Waals surface area contributed by atoms with Crippen LogP contribution in [0.25, 0.3) is 22.3 Å². The molecule has 4 aromatic rings. The number of carboxylic acid groups (broad SMARTS) is 1. The summed E-state index contributed by atoms with van der Waals surface area (Å²) < 4.78 is 74.4. The normalized spacial score (nSPS) is 30.2. The SMILES string of the molecule is CC(CC(=O)O)C(=O)CCCC(=O)N(C)CCOC(=O)Nc1ncnc2c1ncn2[C@@H]1O[C@@H]2COP(O)(=S)O[C@H]3[C@@H](F)[C@H](n4cnc5c(N)ncnc54)O[C@@H]3COP(O)(=S)O[C@H]2[C@H]1F. The number of nitrogen functional groups attached to an aromatic ring is 1. The summed E-state index contributed by atoms with van der Waals surface area (Å²) >= 11 is 10.4. The Labute approximate surface area is 370 Å². The molecule has 3 aliphatic rings. The maximum Gasteiger partial charge on any atom is 0.412 e. The Balaban J connectivity index is 0.974. The summed E-state index contributed by atoms with van der Waals surface area (Å²) in [6.45, 7) is -8.85. The molecule has 31 heteroatoms. The van der Waals surface area contributed by atoms with E-state index in [0.29, 0.717) is 0 Å². The van der Waals surface area contributed by atoms with Crippen molar-refractivity contribution in [1.29, 1.82) is 0 Å². The summed E-state index contributed by atoms with van der Waals surface area (Å²) in [5, 5.41) is 11.3. The quantitative estimate of drug-likeness (QED) is 0.119. The highest BCUT2D eigenvalue weighted by Crippen LogP contribution is 2.54. The third kappa shape index (κ3) is 10.7. The molecule has 0 aliphatic carbocycles. The number of imidazole rings is 2. The number of rotatable bonds is 13. The van der Waals surface area contributed by atoms with E-state index in [1.165, 1.54) is 29.8 Å². The number of hydrogen-bond donors (Lipinski definition) is 5. The van der Waals surface area contributed by atoms with Gasteiger partial charge in [0, 0.05) is 25.8 Å². The van der Waals surface area contributed by atoms with E-state index in [4.69, 9.17) is 66.8 Å². The molecule has 0 radical (unpaired) electrons. The Morgan fingerprint density at radius 2 is 1.45 bits per heavy atom. The van der Waals surface area contributed by atoms with Crippen molar-refractivity contribution in [3.63, 3.8) is 0 Å². The maximum atomic E-state index is 16.5. The third-order valence-corrected chi connectivity index (χ3v) is 13.4. The number of nitrogens with zero attached hydrogens (tertiary/aromatic N) is 9. The molecule has 7 rings (SSSR count). The van der Waals surface area contributed by atoms with Gasteiger partial charge >= 0.3 is 25.5 Å². The molecule has 0 saturated carbocycles. The van der Waals surface area contributed by atoms with Crippen molar-refractivity contribution in [3.8, 4) is 0 Å². The number of ketones is 1. The molecule has 0 aromatic carbocycles. The van der Waals surface area contributed by atoms with E-state index in [9.17, 15) is 29.0 Å². The van der Waals surface area contributed by atoms with Gasteiger partial charge in [-0.3, -0.25) is 37.9 Å². The van der Waals surface area contributed by atoms with Crippen LogP contribution in [0.3, 0.4) is 0 Å². The van der Waals surface area contributed by atoms with Gasteiger partial charge in [-0.05, 0) is 30.0 Å². The molecule has 3 unspecified atom stereocenters. The highest BCUT2D eigenvalue weighted by Gasteiger charge is 2.54. The number of amides is 2. The van der Waals surface area contributed by atoms with Crippen molar-refractivity contribution < 1.29 is 75.2 Å². The lowest BCUT2D eigenvalue weighted by molar-refractivity contribution is -0.140. The van der Waals surface area contributed by atoms with Gasteiger partial charge in [0.1, 0.15) is 55.0 Å². The van der Waals surface area contributed by atoms with E-state index in [-0.39, 0.29) is 84.5 Å². The molecule has 348 valence electrons. The fourth-order valence-electron chi connectivity index (χ4n) is 7.01. The first-order valence-corrected chi connectivity index (χ1v) is 24.4. The number of halogens is 2. The molecular weight excluding hydrogens is 939 g/mol. The number of Topliss-reactive ketones (excluding diaryl/α,β-unsaturated/α-hetero) is 1. The van der Waals surface area contributed by atoms with Crippen molar-refractivity contribution in [2.75, 3.05) is 44.5 Å². The number of carbonyl (C=O) groups is 4. The number of carboxylic acids is 1. The lowest BCUT2D eigenvalue weighted by Crippen LogP contribution is -2.37.